The van der Waals surface area contributed by atoms with Crippen LogP contribution in [0.4, 0.5) is 5.82 Å². The van der Waals surface area contributed by atoms with Crippen LogP contribution in [0.3, 0.4) is 0 Å². The van der Waals surface area contributed by atoms with Crippen molar-refractivity contribution < 1.29 is 0 Å². The predicted octanol–water partition coefficient (Wildman–Crippen LogP) is 3.12. The van der Waals surface area contributed by atoms with Gasteiger partial charge in [-0.2, -0.15) is 0 Å². The molecule has 0 amide bonds. The molecule has 1 aliphatic heterocycles. The van der Waals surface area contributed by atoms with E-state index in [0.29, 0.717) is 6.04 Å². The summed E-state index contributed by atoms with van der Waals surface area (Å²) < 4.78 is 0. The Balaban J connectivity index is 2.02. The van der Waals surface area contributed by atoms with Gasteiger partial charge in [-0.15, -0.1) is 0 Å². The van der Waals surface area contributed by atoms with Crippen molar-refractivity contribution in [3.63, 3.8) is 0 Å². The summed E-state index contributed by atoms with van der Waals surface area (Å²) in [7, 11) is 0. The number of hydrogen-bond acceptors (Lipinski definition) is 3. The second kappa shape index (κ2) is 5.80. The molecule has 1 aromatic heterocycles. The number of para-hydroxylation sites is 1. The minimum absolute atomic E-state index is 0.585. The van der Waals surface area contributed by atoms with Gasteiger partial charge in [0.05, 0.1) is 5.52 Å². The second-order valence-electron chi connectivity index (χ2n) is 5.66. The summed E-state index contributed by atoms with van der Waals surface area (Å²) in [5.74, 6) is 1.17. The number of pyridine rings is 1. The van der Waals surface area contributed by atoms with Crippen LogP contribution in [-0.2, 0) is 0 Å². The van der Waals surface area contributed by atoms with E-state index in [1.54, 1.807) is 0 Å². The highest BCUT2D eigenvalue weighted by molar-refractivity contribution is 5.81. The zero-order chi connectivity index (χ0) is 13.9. The summed E-state index contributed by atoms with van der Waals surface area (Å²) in [6.07, 6.45) is 2.37. The summed E-state index contributed by atoms with van der Waals surface area (Å²) >= 11 is 0. The number of nitrogens with zero attached hydrogens (tertiary/aromatic N) is 2. The Bertz CT molecular complexity index is 588. The van der Waals surface area contributed by atoms with Crippen LogP contribution in [0.2, 0.25) is 0 Å². The molecule has 1 fully saturated rings. The van der Waals surface area contributed by atoms with Crippen LogP contribution >= 0.6 is 0 Å². The first-order valence-corrected chi connectivity index (χ1v) is 7.63. The van der Waals surface area contributed by atoms with Gasteiger partial charge >= 0.3 is 0 Å². The van der Waals surface area contributed by atoms with Crippen molar-refractivity contribution in [3.05, 3.63) is 35.9 Å². The normalized spacial score (nSPS) is 18.6. The Kier molecular flexibility index (Phi) is 3.88. The third-order valence-corrected chi connectivity index (χ3v) is 4.10. The molecule has 3 heteroatoms. The van der Waals surface area contributed by atoms with E-state index in [4.69, 9.17) is 4.98 Å². The minimum atomic E-state index is 0.585. The molecule has 3 rings (SSSR count). The van der Waals surface area contributed by atoms with Gasteiger partial charge in [-0.1, -0.05) is 25.1 Å². The van der Waals surface area contributed by atoms with Gasteiger partial charge < -0.3 is 10.2 Å². The van der Waals surface area contributed by atoms with Gasteiger partial charge in [-0.05, 0) is 44.0 Å². The van der Waals surface area contributed by atoms with E-state index < -0.39 is 0 Å². The van der Waals surface area contributed by atoms with Crippen molar-refractivity contribution in [1.29, 1.82) is 0 Å². The Morgan fingerprint density at radius 2 is 2.20 bits per heavy atom. The first kappa shape index (κ1) is 13.4. The number of aromatic nitrogens is 1. The fraction of sp³-hybridized carbons (Fsp3) is 0.471. The van der Waals surface area contributed by atoms with Crippen LogP contribution in [0.15, 0.2) is 30.3 Å². The SMILES string of the molecule is CCCN(c1nc2ccccc2cc1C)C1CCNC1. The molecular formula is C17H23N3. The summed E-state index contributed by atoms with van der Waals surface area (Å²) in [5, 5.41) is 4.70. The molecule has 20 heavy (non-hydrogen) atoms. The van der Waals surface area contributed by atoms with Gasteiger partial charge in [0.15, 0.2) is 0 Å². The van der Waals surface area contributed by atoms with Gasteiger partial charge in [-0.3, -0.25) is 0 Å². The summed E-state index contributed by atoms with van der Waals surface area (Å²) in [6, 6.07) is 11.2. The quantitative estimate of drug-likeness (QED) is 0.924. The minimum Gasteiger partial charge on any atom is -0.352 e. The Morgan fingerprint density at radius 3 is 2.95 bits per heavy atom. The molecule has 0 radical (unpaired) electrons. The van der Waals surface area contributed by atoms with Crippen molar-refractivity contribution in [2.75, 3.05) is 24.5 Å². The fourth-order valence-electron chi connectivity index (χ4n) is 3.11. The van der Waals surface area contributed by atoms with E-state index in [2.05, 4.69) is 54.4 Å². The van der Waals surface area contributed by atoms with Gasteiger partial charge in [0.1, 0.15) is 5.82 Å². The number of benzene rings is 1. The van der Waals surface area contributed by atoms with Crippen molar-refractivity contribution >= 4 is 16.7 Å². The van der Waals surface area contributed by atoms with E-state index in [0.717, 1.165) is 31.6 Å². The molecule has 0 saturated carbocycles. The van der Waals surface area contributed by atoms with Crippen LogP contribution in [0.5, 0.6) is 0 Å². The maximum absolute atomic E-state index is 4.94. The van der Waals surface area contributed by atoms with Crippen molar-refractivity contribution in [2.24, 2.45) is 0 Å². The third kappa shape index (κ3) is 2.50. The van der Waals surface area contributed by atoms with Crippen LogP contribution in [0, 0.1) is 6.92 Å². The Morgan fingerprint density at radius 1 is 1.35 bits per heavy atom. The zero-order valence-electron chi connectivity index (χ0n) is 12.4. The highest BCUT2D eigenvalue weighted by Gasteiger charge is 2.24. The molecule has 1 aliphatic rings. The molecule has 1 aromatic carbocycles. The molecule has 1 saturated heterocycles. The van der Waals surface area contributed by atoms with Crippen LogP contribution in [0.1, 0.15) is 25.3 Å². The topological polar surface area (TPSA) is 28.2 Å². The van der Waals surface area contributed by atoms with Gasteiger partial charge in [-0.25, -0.2) is 4.98 Å². The molecule has 0 spiro atoms. The lowest BCUT2D eigenvalue weighted by atomic mass is 10.1. The first-order valence-electron chi connectivity index (χ1n) is 7.63. The van der Waals surface area contributed by atoms with Gasteiger partial charge in [0.25, 0.3) is 0 Å². The molecule has 1 N–H and O–H groups in total. The lowest BCUT2D eigenvalue weighted by molar-refractivity contribution is 0.617. The molecule has 1 atom stereocenters. The monoisotopic (exact) mass is 269 g/mol. The molecule has 1 unspecified atom stereocenters. The van der Waals surface area contributed by atoms with Crippen molar-refractivity contribution in [1.82, 2.24) is 10.3 Å². The zero-order valence-corrected chi connectivity index (χ0v) is 12.4. The average molecular weight is 269 g/mol. The van der Waals surface area contributed by atoms with E-state index >= 15 is 0 Å². The lowest BCUT2D eigenvalue weighted by Gasteiger charge is -2.30. The van der Waals surface area contributed by atoms with Gasteiger partial charge in [0, 0.05) is 24.5 Å². The van der Waals surface area contributed by atoms with Crippen molar-refractivity contribution in [2.45, 2.75) is 32.7 Å². The summed E-state index contributed by atoms with van der Waals surface area (Å²) in [5.41, 5.74) is 2.38. The van der Waals surface area contributed by atoms with E-state index in [1.807, 2.05) is 0 Å². The van der Waals surface area contributed by atoms with Crippen LogP contribution in [0.25, 0.3) is 10.9 Å². The largest absolute Gasteiger partial charge is 0.352 e. The number of hydrogen-bond donors (Lipinski definition) is 1. The van der Waals surface area contributed by atoms with Crippen LogP contribution in [-0.4, -0.2) is 30.7 Å². The molecule has 3 nitrogen and oxygen atoms in total. The molecule has 106 valence electrons. The van der Waals surface area contributed by atoms with Crippen molar-refractivity contribution in [3.8, 4) is 0 Å². The number of anilines is 1. The smallest absolute Gasteiger partial charge is 0.132 e. The van der Waals surface area contributed by atoms with E-state index in [9.17, 15) is 0 Å². The number of nitrogens with one attached hydrogen (secondary N) is 1. The standard InChI is InChI=1S/C17H23N3/c1-3-10-20(15-8-9-18-12-15)17-13(2)11-14-6-4-5-7-16(14)19-17/h4-7,11,15,18H,3,8-10,12H2,1-2H3. The fourth-order valence-corrected chi connectivity index (χ4v) is 3.11. The Labute approximate surface area is 121 Å². The molecule has 2 aromatic rings. The summed E-state index contributed by atoms with van der Waals surface area (Å²) in [4.78, 5) is 7.44. The molecule has 0 bridgehead atoms. The molecule has 2 heterocycles. The number of aryl methyl sites for hydroxylation is 1. The third-order valence-electron chi connectivity index (χ3n) is 4.10. The molecule has 0 aliphatic carbocycles. The maximum atomic E-state index is 4.94. The first-order chi connectivity index (χ1) is 9.79. The Hall–Kier alpha value is -1.61. The lowest BCUT2D eigenvalue weighted by Crippen LogP contribution is -2.38. The number of fused-ring (bicyclic) bond motifs is 1. The van der Waals surface area contributed by atoms with E-state index in [1.165, 1.54) is 23.2 Å². The highest BCUT2D eigenvalue weighted by atomic mass is 15.2. The van der Waals surface area contributed by atoms with Crippen LogP contribution < -0.4 is 10.2 Å². The summed E-state index contributed by atoms with van der Waals surface area (Å²) in [6.45, 7) is 7.70. The molecular weight excluding hydrogens is 246 g/mol. The predicted molar refractivity (Wildman–Crippen MR) is 85.4 cm³/mol. The second-order valence-corrected chi connectivity index (χ2v) is 5.66. The van der Waals surface area contributed by atoms with E-state index in [-0.39, 0.29) is 0 Å². The average Bonchev–Trinajstić information content (AvgIpc) is 2.98. The number of rotatable bonds is 4. The maximum Gasteiger partial charge on any atom is 0.132 e. The van der Waals surface area contributed by atoms with Gasteiger partial charge in [0.2, 0.25) is 0 Å². The highest BCUT2D eigenvalue weighted by Crippen LogP contribution is 2.26.